The average molecular weight is 260 g/mol. The third-order valence-electron chi connectivity index (χ3n) is 3.36. The fourth-order valence-electron chi connectivity index (χ4n) is 2.43. The van der Waals surface area contributed by atoms with Gasteiger partial charge in [-0.05, 0) is 32.4 Å². The minimum atomic E-state index is -0.726. The van der Waals surface area contributed by atoms with Crippen LogP contribution in [0.3, 0.4) is 0 Å². The van der Waals surface area contributed by atoms with Crippen LogP contribution in [0.2, 0.25) is 0 Å². The molecule has 1 aromatic carbocycles. The monoisotopic (exact) mass is 260 g/mol. The van der Waals surface area contributed by atoms with Crippen LogP contribution in [0.15, 0.2) is 24.4 Å². The van der Waals surface area contributed by atoms with Gasteiger partial charge in [0.15, 0.2) is 0 Å². The van der Waals surface area contributed by atoms with Crippen LogP contribution in [0.4, 0.5) is 0 Å². The minimum absolute atomic E-state index is 0.345. The number of nitrogens with two attached hydrogens (primary N) is 1. The first-order chi connectivity index (χ1) is 9.10. The molecule has 2 aromatic rings. The molecule has 0 saturated heterocycles. The highest BCUT2D eigenvalue weighted by molar-refractivity contribution is 5.92. The van der Waals surface area contributed by atoms with Crippen molar-refractivity contribution in [2.24, 2.45) is 5.73 Å². The minimum Gasteiger partial charge on any atom is -0.465 e. The Labute approximate surface area is 113 Å². The number of hydrogen-bond acceptors (Lipinski definition) is 3. The SMILES string of the molecule is CCOC(=O)C(N)c1cn(CC)c2cccc(C)c12. The summed E-state index contributed by atoms with van der Waals surface area (Å²) in [6, 6.07) is 5.37. The maximum atomic E-state index is 11.8. The molecule has 19 heavy (non-hydrogen) atoms. The second-order valence-corrected chi connectivity index (χ2v) is 4.57. The maximum Gasteiger partial charge on any atom is 0.327 e. The second kappa shape index (κ2) is 5.45. The first-order valence-electron chi connectivity index (χ1n) is 6.60. The fraction of sp³-hybridized carbons (Fsp3) is 0.400. The number of fused-ring (bicyclic) bond motifs is 1. The van der Waals surface area contributed by atoms with Gasteiger partial charge < -0.3 is 15.0 Å². The van der Waals surface area contributed by atoms with Crippen LogP contribution < -0.4 is 5.73 Å². The Balaban J connectivity index is 2.57. The molecule has 4 heteroatoms. The van der Waals surface area contributed by atoms with Gasteiger partial charge in [-0.2, -0.15) is 0 Å². The molecule has 4 nitrogen and oxygen atoms in total. The number of rotatable bonds is 4. The van der Waals surface area contributed by atoms with Crippen LogP contribution in [0.25, 0.3) is 10.9 Å². The third kappa shape index (κ3) is 2.36. The lowest BCUT2D eigenvalue weighted by Crippen LogP contribution is -2.23. The topological polar surface area (TPSA) is 57.2 Å². The van der Waals surface area contributed by atoms with E-state index < -0.39 is 6.04 Å². The van der Waals surface area contributed by atoms with Crippen molar-refractivity contribution in [3.05, 3.63) is 35.5 Å². The van der Waals surface area contributed by atoms with E-state index in [0.717, 1.165) is 28.6 Å². The summed E-state index contributed by atoms with van der Waals surface area (Å²) in [6.07, 6.45) is 1.96. The Kier molecular flexibility index (Phi) is 3.90. The van der Waals surface area contributed by atoms with Gasteiger partial charge in [-0.1, -0.05) is 12.1 Å². The quantitative estimate of drug-likeness (QED) is 0.859. The zero-order valence-corrected chi connectivity index (χ0v) is 11.6. The number of esters is 1. The lowest BCUT2D eigenvalue weighted by molar-refractivity contribution is -0.144. The van der Waals surface area contributed by atoms with Crippen LogP contribution in [-0.4, -0.2) is 17.1 Å². The molecular weight excluding hydrogens is 240 g/mol. The number of carbonyl (C=O) groups is 1. The molecule has 0 radical (unpaired) electrons. The summed E-state index contributed by atoms with van der Waals surface area (Å²) in [6.45, 7) is 7.07. The molecule has 0 aliphatic heterocycles. The van der Waals surface area contributed by atoms with Crippen molar-refractivity contribution in [1.82, 2.24) is 4.57 Å². The van der Waals surface area contributed by atoms with Gasteiger partial charge in [0.05, 0.1) is 6.61 Å². The Morgan fingerprint density at radius 2 is 2.16 bits per heavy atom. The second-order valence-electron chi connectivity index (χ2n) is 4.57. The average Bonchev–Trinajstić information content (AvgIpc) is 2.78. The molecule has 0 aliphatic rings. The van der Waals surface area contributed by atoms with E-state index in [1.807, 2.05) is 31.3 Å². The van der Waals surface area contributed by atoms with Crippen molar-refractivity contribution in [1.29, 1.82) is 0 Å². The molecule has 0 amide bonds. The molecule has 1 heterocycles. The van der Waals surface area contributed by atoms with Gasteiger partial charge in [0, 0.05) is 29.2 Å². The van der Waals surface area contributed by atoms with E-state index in [9.17, 15) is 4.79 Å². The van der Waals surface area contributed by atoms with E-state index in [2.05, 4.69) is 11.5 Å². The zero-order valence-electron chi connectivity index (χ0n) is 11.6. The fourth-order valence-corrected chi connectivity index (χ4v) is 2.43. The molecular formula is C15H20N2O2. The van der Waals surface area contributed by atoms with Crippen molar-refractivity contribution in [2.75, 3.05) is 6.61 Å². The highest BCUT2D eigenvalue weighted by Gasteiger charge is 2.22. The molecule has 0 saturated carbocycles. The molecule has 2 rings (SSSR count). The number of ether oxygens (including phenoxy) is 1. The molecule has 0 bridgehead atoms. The van der Waals surface area contributed by atoms with Crippen molar-refractivity contribution < 1.29 is 9.53 Å². The standard InChI is InChI=1S/C15H20N2O2/c1-4-17-9-11(14(16)15(18)19-5-2)13-10(3)7-6-8-12(13)17/h6-9,14H,4-5,16H2,1-3H3. The summed E-state index contributed by atoms with van der Waals surface area (Å²) in [5, 5.41) is 1.06. The summed E-state index contributed by atoms with van der Waals surface area (Å²) < 4.78 is 7.12. The first kappa shape index (κ1) is 13.6. The Bertz CT molecular complexity index is 601. The summed E-state index contributed by atoms with van der Waals surface area (Å²) in [5.74, 6) is -0.374. The summed E-state index contributed by atoms with van der Waals surface area (Å²) in [7, 11) is 0. The van der Waals surface area contributed by atoms with Crippen molar-refractivity contribution in [3.8, 4) is 0 Å². The van der Waals surface area contributed by atoms with Gasteiger partial charge >= 0.3 is 5.97 Å². The molecule has 0 spiro atoms. The highest BCUT2D eigenvalue weighted by Crippen LogP contribution is 2.29. The molecule has 102 valence electrons. The molecule has 2 N–H and O–H groups in total. The summed E-state index contributed by atoms with van der Waals surface area (Å²) in [4.78, 5) is 11.8. The lowest BCUT2D eigenvalue weighted by atomic mass is 10.0. The first-order valence-corrected chi connectivity index (χ1v) is 6.60. The van der Waals surface area contributed by atoms with Crippen LogP contribution >= 0.6 is 0 Å². The number of aryl methyl sites for hydroxylation is 2. The summed E-state index contributed by atoms with van der Waals surface area (Å²) >= 11 is 0. The molecule has 1 aromatic heterocycles. The molecule has 1 unspecified atom stereocenters. The largest absolute Gasteiger partial charge is 0.465 e. The highest BCUT2D eigenvalue weighted by atomic mass is 16.5. The third-order valence-corrected chi connectivity index (χ3v) is 3.36. The van der Waals surface area contributed by atoms with Crippen molar-refractivity contribution in [2.45, 2.75) is 33.4 Å². The van der Waals surface area contributed by atoms with Crippen LogP contribution in [0.5, 0.6) is 0 Å². The van der Waals surface area contributed by atoms with E-state index in [4.69, 9.17) is 10.5 Å². The molecule has 0 aliphatic carbocycles. The molecule has 0 fully saturated rings. The van der Waals surface area contributed by atoms with E-state index in [1.54, 1.807) is 6.92 Å². The van der Waals surface area contributed by atoms with E-state index in [-0.39, 0.29) is 5.97 Å². The van der Waals surface area contributed by atoms with Crippen molar-refractivity contribution in [3.63, 3.8) is 0 Å². The summed E-state index contributed by atoms with van der Waals surface area (Å²) in [5.41, 5.74) is 9.11. The number of hydrogen-bond donors (Lipinski definition) is 1. The number of carbonyl (C=O) groups excluding carboxylic acids is 1. The number of aromatic nitrogens is 1. The van der Waals surface area contributed by atoms with E-state index in [0.29, 0.717) is 6.61 Å². The van der Waals surface area contributed by atoms with Gasteiger partial charge in [-0.3, -0.25) is 0 Å². The maximum absolute atomic E-state index is 11.8. The van der Waals surface area contributed by atoms with Crippen LogP contribution in [0.1, 0.15) is 31.0 Å². The van der Waals surface area contributed by atoms with Gasteiger partial charge in [-0.25, -0.2) is 4.79 Å². The van der Waals surface area contributed by atoms with Crippen molar-refractivity contribution >= 4 is 16.9 Å². The Hall–Kier alpha value is -1.81. The predicted octanol–water partition coefficient (Wildman–Crippen LogP) is 2.53. The molecule has 1 atom stereocenters. The number of benzene rings is 1. The van der Waals surface area contributed by atoms with Crippen LogP contribution in [0, 0.1) is 6.92 Å². The van der Waals surface area contributed by atoms with E-state index in [1.165, 1.54) is 0 Å². The van der Waals surface area contributed by atoms with Gasteiger partial charge in [0.2, 0.25) is 0 Å². The Morgan fingerprint density at radius 1 is 1.42 bits per heavy atom. The van der Waals surface area contributed by atoms with Gasteiger partial charge in [-0.15, -0.1) is 0 Å². The lowest BCUT2D eigenvalue weighted by Gasteiger charge is -2.10. The van der Waals surface area contributed by atoms with Gasteiger partial charge in [0.1, 0.15) is 6.04 Å². The van der Waals surface area contributed by atoms with Gasteiger partial charge in [0.25, 0.3) is 0 Å². The predicted molar refractivity (Wildman–Crippen MR) is 75.9 cm³/mol. The normalized spacial score (nSPS) is 12.6. The smallest absolute Gasteiger partial charge is 0.327 e. The van der Waals surface area contributed by atoms with Crippen LogP contribution in [-0.2, 0) is 16.1 Å². The number of nitrogens with zero attached hydrogens (tertiary/aromatic N) is 1. The van der Waals surface area contributed by atoms with E-state index >= 15 is 0 Å². The Morgan fingerprint density at radius 3 is 2.79 bits per heavy atom. The zero-order chi connectivity index (χ0) is 14.0.